The Morgan fingerprint density at radius 3 is 2.58 bits per heavy atom. The Kier molecular flexibility index (Phi) is 6.89. The summed E-state index contributed by atoms with van der Waals surface area (Å²) in [5.41, 5.74) is 7.19. The molecule has 0 spiro atoms. The summed E-state index contributed by atoms with van der Waals surface area (Å²) in [4.78, 5) is 2.37. The minimum atomic E-state index is 0.254. The molecule has 0 fully saturated rings. The monoisotopic (exact) mass is 284 g/mol. The first-order chi connectivity index (χ1) is 9.01. The van der Waals surface area contributed by atoms with Crippen LogP contribution in [0.3, 0.4) is 0 Å². The molecule has 0 aliphatic carbocycles. The second kappa shape index (κ2) is 7.92. The Hall–Kier alpha value is -0.520. The highest BCUT2D eigenvalue weighted by molar-refractivity contribution is 7.98. The number of thioether (sulfide) groups is 1. The van der Waals surface area contributed by atoms with Crippen molar-refractivity contribution in [2.45, 2.75) is 45.3 Å². The average molecular weight is 284 g/mol. The SMILES string of the molecule is CSCCC(C)N(C)C(CN)c1cnn(C(C)C)c1. The predicted octanol–water partition coefficient (Wildman–Crippen LogP) is 2.54. The Morgan fingerprint density at radius 1 is 1.42 bits per heavy atom. The minimum Gasteiger partial charge on any atom is -0.329 e. The van der Waals surface area contributed by atoms with E-state index in [-0.39, 0.29) is 6.04 Å². The molecule has 19 heavy (non-hydrogen) atoms. The van der Waals surface area contributed by atoms with Gasteiger partial charge in [0, 0.05) is 30.4 Å². The van der Waals surface area contributed by atoms with Gasteiger partial charge in [-0.3, -0.25) is 9.58 Å². The third-order valence-electron chi connectivity index (χ3n) is 3.69. The van der Waals surface area contributed by atoms with Crippen molar-refractivity contribution in [3.63, 3.8) is 0 Å². The number of likely N-dealkylation sites (N-methyl/N-ethyl adjacent to an activating group) is 1. The van der Waals surface area contributed by atoms with E-state index in [4.69, 9.17) is 5.73 Å². The van der Waals surface area contributed by atoms with Gasteiger partial charge in [-0.05, 0) is 46.2 Å². The molecule has 0 amide bonds. The molecule has 5 heteroatoms. The first-order valence-electron chi connectivity index (χ1n) is 6.96. The standard InChI is InChI=1S/C14H28N4S/c1-11(2)18-10-13(9-16-18)14(8-15)17(4)12(3)6-7-19-5/h9-12,14H,6-8,15H2,1-5H3. The van der Waals surface area contributed by atoms with Gasteiger partial charge >= 0.3 is 0 Å². The van der Waals surface area contributed by atoms with Crippen LogP contribution in [0.2, 0.25) is 0 Å². The van der Waals surface area contributed by atoms with E-state index in [1.54, 1.807) is 0 Å². The lowest BCUT2D eigenvalue weighted by molar-refractivity contribution is 0.185. The minimum absolute atomic E-state index is 0.254. The van der Waals surface area contributed by atoms with Gasteiger partial charge in [0.05, 0.1) is 12.2 Å². The maximum Gasteiger partial charge on any atom is 0.0538 e. The van der Waals surface area contributed by atoms with Gasteiger partial charge in [-0.1, -0.05) is 0 Å². The van der Waals surface area contributed by atoms with Gasteiger partial charge in [0.15, 0.2) is 0 Å². The van der Waals surface area contributed by atoms with Crippen LogP contribution in [0, 0.1) is 0 Å². The smallest absolute Gasteiger partial charge is 0.0538 e. The molecule has 0 saturated heterocycles. The highest BCUT2D eigenvalue weighted by Gasteiger charge is 2.21. The summed E-state index contributed by atoms with van der Waals surface area (Å²) in [6.07, 6.45) is 7.42. The fourth-order valence-corrected chi connectivity index (χ4v) is 2.72. The molecule has 2 unspecified atom stereocenters. The van der Waals surface area contributed by atoms with E-state index >= 15 is 0 Å². The lowest BCUT2D eigenvalue weighted by atomic mass is 10.1. The zero-order valence-corrected chi connectivity index (χ0v) is 13.7. The Balaban J connectivity index is 2.74. The van der Waals surface area contributed by atoms with Crippen LogP contribution in [-0.4, -0.2) is 46.3 Å². The molecule has 0 aliphatic rings. The third-order valence-corrected chi connectivity index (χ3v) is 4.33. The second-order valence-corrected chi connectivity index (χ2v) is 6.38. The maximum absolute atomic E-state index is 5.97. The molecule has 2 N–H and O–H groups in total. The molecule has 1 aromatic heterocycles. The van der Waals surface area contributed by atoms with Gasteiger partial charge in [0.1, 0.15) is 0 Å². The number of nitrogens with two attached hydrogens (primary N) is 1. The van der Waals surface area contributed by atoms with Crippen molar-refractivity contribution in [3.05, 3.63) is 18.0 Å². The van der Waals surface area contributed by atoms with Gasteiger partial charge < -0.3 is 5.73 Å². The van der Waals surface area contributed by atoms with E-state index < -0.39 is 0 Å². The molecule has 1 aromatic rings. The average Bonchev–Trinajstić information content (AvgIpc) is 2.86. The van der Waals surface area contributed by atoms with Gasteiger partial charge in [-0.2, -0.15) is 16.9 Å². The van der Waals surface area contributed by atoms with Gasteiger partial charge in [0.2, 0.25) is 0 Å². The van der Waals surface area contributed by atoms with Crippen LogP contribution < -0.4 is 5.73 Å². The van der Waals surface area contributed by atoms with E-state index in [9.17, 15) is 0 Å². The fourth-order valence-electron chi connectivity index (χ4n) is 2.14. The molecule has 0 saturated carbocycles. The van der Waals surface area contributed by atoms with Gasteiger partial charge in [-0.25, -0.2) is 0 Å². The first kappa shape index (κ1) is 16.5. The molecule has 1 heterocycles. The largest absolute Gasteiger partial charge is 0.329 e. The molecule has 0 aromatic carbocycles. The van der Waals surface area contributed by atoms with E-state index in [1.807, 2.05) is 22.6 Å². The predicted molar refractivity (Wildman–Crippen MR) is 84.6 cm³/mol. The van der Waals surface area contributed by atoms with Crippen LogP contribution in [0.1, 0.15) is 44.8 Å². The maximum atomic E-state index is 5.97. The third kappa shape index (κ3) is 4.51. The van der Waals surface area contributed by atoms with Crippen LogP contribution in [0.4, 0.5) is 0 Å². The molecule has 2 atom stereocenters. The summed E-state index contributed by atoms with van der Waals surface area (Å²) in [5.74, 6) is 1.19. The fraction of sp³-hybridized carbons (Fsp3) is 0.786. The van der Waals surface area contributed by atoms with Crippen molar-refractivity contribution in [2.24, 2.45) is 5.73 Å². The molecule has 4 nitrogen and oxygen atoms in total. The Labute approximate surface area is 121 Å². The molecule has 0 radical (unpaired) electrons. The van der Waals surface area contributed by atoms with E-state index in [2.05, 4.69) is 50.3 Å². The summed E-state index contributed by atoms with van der Waals surface area (Å²) in [7, 11) is 2.16. The summed E-state index contributed by atoms with van der Waals surface area (Å²) in [6.45, 7) is 7.17. The van der Waals surface area contributed by atoms with Gasteiger partial charge in [-0.15, -0.1) is 0 Å². The van der Waals surface area contributed by atoms with Crippen molar-refractivity contribution in [1.82, 2.24) is 14.7 Å². The molecule has 0 bridgehead atoms. The van der Waals surface area contributed by atoms with Crippen molar-refractivity contribution in [3.8, 4) is 0 Å². The first-order valence-corrected chi connectivity index (χ1v) is 8.35. The summed E-state index contributed by atoms with van der Waals surface area (Å²) < 4.78 is 2.00. The second-order valence-electron chi connectivity index (χ2n) is 5.39. The quantitative estimate of drug-likeness (QED) is 0.797. The van der Waals surface area contributed by atoms with Crippen LogP contribution in [0.15, 0.2) is 12.4 Å². The van der Waals surface area contributed by atoms with Crippen LogP contribution in [0.5, 0.6) is 0 Å². The summed E-state index contributed by atoms with van der Waals surface area (Å²) in [5, 5.41) is 4.42. The lowest BCUT2D eigenvalue weighted by Crippen LogP contribution is -2.37. The van der Waals surface area contributed by atoms with Gasteiger partial charge in [0.25, 0.3) is 0 Å². The summed E-state index contributed by atoms with van der Waals surface area (Å²) >= 11 is 1.90. The zero-order valence-electron chi connectivity index (χ0n) is 12.8. The van der Waals surface area contributed by atoms with Crippen molar-refractivity contribution < 1.29 is 0 Å². The van der Waals surface area contributed by atoms with E-state index in [1.165, 1.54) is 17.7 Å². The van der Waals surface area contributed by atoms with E-state index in [0.29, 0.717) is 18.6 Å². The summed E-state index contributed by atoms with van der Waals surface area (Å²) in [6, 6.07) is 1.18. The zero-order chi connectivity index (χ0) is 14.4. The highest BCUT2D eigenvalue weighted by atomic mass is 32.2. The topological polar surface area (TPSA) is 47.1 Å². The molecule has 110 valence electrons. The molecular weight excluding hydrogens is 256 g/mol. The number of hydrogen-bond acceptors (Lipinski definition) is 4. The van der Waals surface area contributed by atoms with Crippen molar-refractivity contribution in [1.29, 1.82) is 0 Å². The number of nitrogens with zero attached hydrogens (tertiary/aromatic N) is 3. The van der Waals surface area contributed by atoms with E-state index in [0.717, 1.165) is 0 Å². The molecule has 0 aliphatic heterocycles. The number of rotatable bonds is 8. The normalized spacial score (nSPS) is 15.2. The van der Waals surface area contributed by atoms with Crippen molar-refractivity contribution >= 4 is 11.8 Å². The van der Waals surface area contributed by atoms with Crippen LogP contribution in [-0.2, 0) is 0 Å². The molecule has 1 rings (SSSR count). The molecular formula is C14H28N4S. The van der Waals surface area contributed by atoms with Crippen molar-refractivity contribution in [2.75, 3.05) is 25.6 Å². The lowest BCUT2D eigenvalue weighted by Gasteiger charge is -2.32. The Morgan fingerprint density at radius 2 is 2.11 bits per heavy atom. The highest BCUT2D eigenvalue weighted by Crippen LogP contribution is 2.22. The number of aromatic nitrogens is 2. The Bertz CT molecular complexity index is 364. The number of hydrogen-bond donors (Lipinski definition) is 1. The van der Waals surface area contributed by atoms with Crippen LogP contribution >= 0.6 is 11.8 Å². The van der Waals surface area contributed by atoms with Crippen LogP contribution in [0.25, 0.3) is 0 Å².